The summed E-state index contributed by atoms with van der Waals surface area (Å²) in [7, 11) is 0. The quantitative estimate of drug-likeness (QED) is 0.908. The fourth-order valence-electron chi connectivity index (χ4n) is 1.80. The van der Waals surface area contributed by atoms with Gasteiger partial charge in [0.2, 0.25) is 0 Å². The summed E-state index contributed by atoms with van der Waals surface area (Å²) in [6.07, 6.45) is 0. The van der Waals surface area contributed by atoms with Gasteiger partial charge in [-0.2, -0.15) is 0 Å². The Kier molecular flexibility index (Phi) is 5.01. The highest BCUT2D eigenvalue weighted by Gasteiger charge is 2.13. The van der Waals surface area contributed by atoms with Crippen molar-refractivity contribution in [3.8, 4) is 5.75 Å². The number of nitrogens with zero attached hydrogens (tertiary/aromatic N) is 1. The number of hydrogen-bond donors (Lipinski definition) is 1. The molecule has 1 N–H and O–H groups in total. The zero-order valence-corrected chi connectivity index (χ0v) is 11.6. The van der Waals surface area contributed by atoms with Crippen molar-refractivity contribution in [3.05, 3.63) is 28.8 Å². The van der Waals surface area contributed by atoms with Gasteiger partial charge in [-0.1, -0.05) is 11.6 Å². The van der Waals surface area contributed by atoms with Crippen LogP contribution in [0.1, 0.15) is 5.56 Å². The predicted octanol–water partition coefficient (Wildman–Crippen LogP) is 1.39. The van der Waals surface area contributed by atoms with Crippen LogP contribution >= 0.6 is 11.6 Å². The van der Waals surface area contributed by atoms with E-state index in [1.54, 1.807) is 18.2 Å². The van der Waals surface area contributed by atoms with E-state index in [0.29, 0.717) is 37.1 Å². The summed E-state index contributed by atoms with van der Waals surface area (Å²) in [5, 5.41) is 2.49. The molecule has 2 rings (SSSR count). The highest BCUT2D eigenvalue weighted by molar-refractivity contribution is 6.30. The molecule has 1 amide bonds. The number of ether oxygens (including phenoxy) is 2. The van der Waals surface area contributed by atoms with Gasteiger partial charge in [-0.25, -0.2) is 5.01 Å². The zero-order valence-electron chi connectivity index (χ0n) is 10.8. The SMILES string of the molecule is Cc1cc(Cl)ccc1OCC(=O)NN1CCOCC1. The summed E-state index contributed by atoms with van der Waals surface area (Å²) in [6.45, 7) is 4.55. The van der Waals surface area contributed by atoms with Gasteiger partial charge in [-0.05, 0) is 30.7 Å². The second kappa shape index (κ2) is 6.75. The van der Waals surface area contributed by atoms with Gasteiger partial charge in [0, 0.05) is 18.1 Å². The van der Waals surface area contributed by atoms with Gasteiger partial charge in [0.25, 0.3) is 5.91 Å². The molecular weight excluding hydrogens is 268 g/mol. The largest absolute Gasteiger partial charge is 0.483 e. The normalized spacial score (nSPS) is 16.1. The van der Waals surface area contributed by atoms with Crippen LogP contribution in [0.5, 0.6) is 5.75 Å². The topological polar surface area (TPSA) is 50.8 Å². The number of rotatable bonds is 4. The maximum absolute atomic E-state index is 11.7. The average Bonchev–Trinajstić information content (AvgIpc) is 2.39. The lowest BCUT2D eigenvalue weighted by Gasteiger charge is -2.26. The summed E-state index contributed by atoms with van der Waals surface area (Å²) in [6, 6.07) is 5.31. The Bertz CT molecular complexity index is 448. The van der Waals surface area contributed by atoms with E-state index < -0.39 is 0 Å². The molecule has 1 fully saturated rings. The zero-order chi connectivity index (χ0) is 13.7. The van der Waals surface area contributed by atoms with Crippen LogP contribution in [0.25, 0.3) is 0 Å². The number of morpholine rings is 1. The van der Waals surface area contributed by atoms with Gasteiger partial charge in [0.15, 0.2) is 6.61 Å². The van der Waals surface area contributed by atoms with Crippen molar-refractivity contribution in [2.75, 3.05) is 32.9 Å². The summed E-state index contributed by atoms with van der Waals surface area (Å²) in [5.74, 6) is 0.498. The lowest BCUT2D eigenvalue weighted by molar-refractivity contribution is -0.130. The molecular formula is C13H17ClN2O3. The third-order valence-corrected chi connectivity index (χ3v) is 3.02. The van der Waals surface area contributed by atoms with Crippen molar-refractivity contribution in [1.82, 2.24) is 10.4 Å². The first kappa shape index (κ1) is 14.1. The molecule has 19 heavy (non-hydrogen) atoms. The first-order valence-corrected chi connectivity index (χ1v) is 6.54. The van der Waals surface area contributed by atoms with Crippen molar-refractivity contribution >= 4 is 17.5 Å². The van der Waals surface area contributed by atoms with Gasteiger partial charge >= 0.3 is 0 Å². The Hall–Kier alpha value is -1.30. The minimum absolute atomic E-state index is 0.0141. The van der Waals surface area contributed by atoms with Crippen molar-refractivity contribution in [2.24, 2.45) is 0 Å². The number of nitrogens with one attached hydrogen (secondary N) is 1. The molecule has 0 atom stereocenters. The van der Waals surface area contributed by atoms with Gasteiger partial charge in [0.05, 0.1) is 13.2 Å². The number of carbonyl (C=O) groups excluding carboxylic acids is 1. The fraction of sp³-hybridized carbons (Fsp3) is 0.462. The van der Waals surface area contributed by atoms with Gasteiger partial charge < -0.3 is 9.47 Å². The first-order chi connectivity index (χ1) is 9.15. The van der Waals surface area contributed by atoms with Gasteiger partial charge in [-0.3, -0.25) is 10.2 Å². The van der Waals surface area contributed by atoms with Crippen molar-refractivity contribution in [2.45, 2.75) is 6.92 Å². The summed E-state index contributed by atoms with van der Waals surface area (Å²) in [4.78, 5) is 11.7. The standard InChI is InChI=1S/C13H17ClN2O3/c1-10-8-11(14)2-3-12(10)19-9-13(17)15-16-4-6-18-7-5-16/h2-3,8H,4-7,9H2,1H3,(H,15,17). The van der Waals surface area contributed by atoms with E-state index in [1.165, 1.54) is 0 Å². The average molecular weight is 285 g/mol. The van der Waals surface area contributed by atoms with Gasteiger partial charge in [-0.15, -0.1) is 0 Å². The Morgan fingerprint density at radius 2 is 2.21 bits per heavy atom. The number of benzene rings is 1. The van der Waals surface area contributed by atoms with Crippen LogP contribution in [-0.2, 0) is 9.53 Å². The maximum Gasteiger partial charge on any atom is 0.272 e. The Labute approximate surface area is 117 Å². The Balaban J connectivity index is 1.79. The molecule has 104 valence electrons. The molecule has 1 aromatic rings. The van der Waals surface area contributed by atoms with E-state index in [-0.39, 0.29) is 12.5 Å². The van der Waals surface area contributed by atoms with E-state index in [9.17, 15) is 4.79 Å². The molecule has 0 radical (unpaired) electrons. The predicted molar refractivity (Wildman–Crippen MR) is 72.2 cm³/mol. The number of hydrazine groups is 1. The summed E-state index contributed by atoms with van der Waals surface area (Å²) >= 11 is 5.86. The molecule has 0 aliphatic carbocycles. The third kappa shape index (κ3) is 4.38. The van der Waals surface area contributed by atoms with E-state index in [2.05, 4.69) is 5.43 Å². The highest BCUT2D eigenvalue weighted by atomic mass is 35.5. The molecule has 0 bridgehead atoms. The highest BCUT2D eigenvalue weighted by Crippen LogP contribution is 2.21. The van der Waals surface area contributed by atoms with Crippen LogP contribution in [0.3, 0.4) is 0 Å². The molecule has 1 saturated heterocycles. The lowest BCUT2D eigenvalue weighted by atomic mass is 10.2. The second-order valence-corrected chi connectivity index (χ2v) is 4.77. The van der Waals surface area contributed by atoms with Crippen molar-refractivity contribution in [1.29, 1.82) is 0 Å². The second-order valence-electron chi connectivity index (χ2n) is 4.33. The molecule has 1 aromatic carbocycles. The Morgan fingerprint density at radius 1 is 1.47 bits per heavy atom. The van der Waals surface area contributed by atoms with Crippen LogP contribution in [0.15, 0.2) is 18.2 Å². The monoisotopic (exact) mass is 284 g/mol. The maximum atomic E-state index is 11.7. The van der Waals surface area contributed by atoms with Crippen molar-refractivity contribution in [3.63, 3.8) is 0 Å². The van der Waals surface area contributed by atoms with Gasteiger partial charge in [0.1, 0.15) is 5.75 Å². The molecule has 0 saturated carbocycles. The lowest BCUT2D eigenvalue weighted by Crippen LogP contribution is -2.49. The van der Waals surface area contributed by atoms with Crippen molar-refractivity contribution < 1.29 is 14.3 Å². The van der Waals surface area contributed by atoms with E-state index >= 15 is 0 Å². The smallest absolute Gasteiger partial charge is 0.272 e. The number of halogens is 1. The molecule has 1 heterocycles. The van der Waals surface area contributed by atoms with Crippen LogP contribution in [0, 0.1) is 6.92 Å². The van der Waals surface area contributed by atoms with E-state index in [1.807, 2.05) is 11.9 Å². The van der Waals surface area contributed by atoms with Crippen LogP contribution in [-0.4, -0.2) is 43.8 Å². The van der Waals surface area contributed by atoms with Crippen LogP contribution in [0.2, 0.25) is 5.02 Å². The number of hydrogen-bond acceptors (Lipinski definition) is 4. The number of carbonyl (C=O) groups is 1. The molecule has 1 aliphatic heterocycles. The molecule has 1 aliphatic rings. The fourth-order valence-corrected chi connectivity index (χ4v) is 2.03. The first-order valence-electron chi connectivity index (χ1n) is 6.16. The molecule has 0 unspecified atom stereocenters. The summed E-state index contributed by atoms with van der Waals surface area (Å²) in [5.41, 5.74) is 3.69. The Morgan fingerprint density at radius 3 is 2.89 bits per heavy atom. The van der Waals surface area contributed by atoms with Crippen LogP contribution in [0.4, 0.5) is 0 Å². The number of amides is 1. The number of aryl methyl sites for hydroxylation is 1. The van der Waals surface area contributed by atoms with Crippen LogP contribution < -0.4 is 10.2 Å². The van der Waals surface area contributed by atoms with E-state index in [4.69, 9.17) is 21.1 Å². The minimum Gasteiger partial charge on any atom is -0.483 e. The van der Waals surface area contributed by atoms with E-state index in [0.717, 1.165) is 5.56 Å². The third-order valence-electron chi connectivity index (χ3n) is 2.79. The minimum atomic E-state index is -0.170. The summed E-state index contributed by atoms with van der Waals surface area (Å²) < 4.78 is 10.7. The molecule has 5 nitrogen and oxygen atoms in total. The molecule has 0 aromatic heterocycles. The molecule has 0 spiro atoms. The molecule has 6 heteroatoms.